The molecule has 0 bridgehead atoms. The third kappa shape index (κ3) is 3.23. The van der Waals surface area contributed by atoms with Crippen LogP contribution in [0, 0.1) is 0 Å². The van der Waals surface area contributed by atoms with Crippen LogP contribution in [-0.4, -0.2) is 38.5 Å². The highest BCUT2D eigenvalue weighted by atomic mass is 16.4. The molecule has 0 aliphatic rings. The summed E-state index contributed by atoms with van der Waals surface area (Å²) < 4.78 is 1.80. The van der Waals surface area contributed by atoms with E-state index in [-0.39, 0.29) is 5.91 Å². The van der Waals surface area contributed by atoms with E-state index in [1.165, 1.54) is 4.90 Å². The zero-order valence-electron chi connectivity index (χ0n) is 9.12. The van der Waals surface area contributed by atoms with Gasteiger partial charge in [-0.1, -0.05) is 0 Å². The summed E-state index contributed by atoms with van der Waals surface area (Å²) in [5, 5.41) is 8.37. The molecule has 6 heteroatoms. The molecule has 1 amide bonds. The van der Waals surface area contributed by atoms with Crippen molar-refractivity contribution in [1.82, 2.24) is 14.5 Å². The Morgan fingerprint density at radius 3 is 2.75 bits per heavy atom. The summed E-state index contributed by atoms with van der Waals surface area (Å²) in [5.74, 6) is -0.774. The van der Waals surface area contributed by atoms with Crippen LogP contribution in [0.3, 0.4) is 0 Å². The summed E-state index contributed by atoms with van der Waals surface area (Å²) in [5.41, 5.74) is 0. The number of amides is 1. The van der Waals surface area contributed by atoms with E-state index in [2.05, 4.69) is 4.98 Å². The number of carboxylic acids is 1. The first-order valence-corrected chi connectivity index (χ1v) is 4.63. The van der Waals surface area contributed by atoms with Crippen LogP contribution < -0.4 is 0 Å². The Bertz CT molecular complexity index is 423. The van der Waals surface area contributed by atoms with Crippen molar-refractivity contribution in [2.45, 2.75) is 6.54 Å². The maximum absolute atomic E-state index is 11.4. The average Bonchev–Trinajstić information content (AvgIpc) is 2.60. The molecule has 1 N–H and O–H groups in total. The van der Waals surface area contributed by atoms with E-state index < -0.39 is 5.97 Å². The van der Waals surface area contributed by atoms with Gasteiger partial charge < -0.3 is 14.6 Å². The quantitative estimate of drug-likeness (QED) is 0.730. The van der Waals surface area contributed by atoms with E-state index in [4.69, 9.17) is 5.11 Å². The van der Waals surface area contributed by atoms with Gasteiger partial charge in [0.2, 0.25) is 5.91 Å². The number of hydrogen-bond donors (Lipinski definition) is 1. The monoisotopic (exact) mass is 223 g/mol. The summed E-state index contributed by atoms with van der Waals surface area (Å²) in [6.07, 6.45) is 5.25. The number of imidazole rings is 1. The van der Waals surface area contributed by atoms with Crippen LogP contribution in [0.25, 0.3) is 0 Å². The third-order valence-electron chi connectivity index (χ3n) is 2.04. The minimum atomic E-state index is -1.14. The van der Waals surface area contributed by atoms with Crippen LogP contribution in [0.15, 0.2) is 24.5 Å². The SMILES string of the molecule is CN(Cc1nccn1C)C(=O)/C=C/C(=O)O. The van der Waals surface area contributed by atoms with Gasteiger partial charge in [0.1, 0.15) is 5.82 Å². The fourth-order valence-corrected chi connectivity index (χ4v) is 1.11. The van der Waals surface area contributed by atoms with E-state index in [0.29, 0.717) is 6.54 Å². The predicted molar refractivity (Wildman–Crippen MR) is 56.5 cm³/mol. The molecule has 0 aliphatic heterocycles. The molecule has 0 unspecified atom stereocenters. The smallest absolute Gasteiger partial charge is 0.328 e. The molecule has 86 valence electrons. The topological polar surface area (TPSA) is 75.4 Å². The molecule has 0 saturated heterocycles. The highest BCUT2D eigenvalue weighted by molar-refractivity contribution is 5.93. The highest BCUT2D eigenvalue weighted by Crippen LogP contribution is 2.00. The average molecular weight is 223 g/mol. The molecule has 0 radical (unpaired) electrons. The van der Waals surface area contributed by atoms with Crippen molar-refractivity contribution in [2.24, 2.45) is 7.05 Å². The molecule has 0 fully saturated rings. The lowest BCUT2D eigenvalue weighted by molar-refractivity contribution is -0.132. The van der Waals surface area contributed by atoms with Crippen molar-refractivity contribution in [3.05, 3.63) is 30.4 Å². The number of likely N-dealkylation sites (N-methyl/N-ethyl adjacent to an activating group) is 1. The molecular formula is C10H13N3O3. The minimum absolute atomic E-state index is 0.340. The first kappa shape index (κ1) is 12.0. The van der Waals surface area contributed by atoms with Gasteiger partial charge in [-0.05, 0) is 0 Å². The lowest BCUT2D eigenvalue weighted by Crippen LogP contribution is -2.25. The number of carboxylic acid groups (broad SMARTS) is 1. The molecule has 0 aliphatic carbocycles. The molecule has 1 aromatic rings. The second-order valence-corrected chi connectivity index (χ2v) is 3.32. The number of aromatic nitrogens is 2. The fraction of sp³-hybridized carbons (Fsp3) is 0.300. The van der Waals surface area contributed by atoms with E-state index in [1.54, 1.807) is 24.0 Å². The Morgan fingerprint density at radius 2 is 2.25 bits per heavy atom. The number of aryl methyl sites for hydroxylation is 1. The molecule has 1 heterocycles. The largest absolute Gasteiger partial charge is 0.478 e. The molecule has 0 aromatic carbocycles. The van der Waals surface area contributed by atoms with Crippen molar-refractivity contribution in [3.8, 4) is 0 Å². The summed E-state index contributed by atoms with van der Waals surface area (Å²) >= 11 is 0. The second-order valence-electron chi connectivity index (χ2n) is 3.32. The second kappa shape index (κ2) is 5.11. The predicted octanol–water partition coefficient (Wildman–Crippen LogP) is 0.0193. The molecule has 0 atom stereocenters. The summed E-state index contributed by atoms with van der Waals surface area (Å²) in [6.45, 7) is 0.340. The van der Waals surface area contributed by atoms with E-state index >= 15 is 0 Å². The van der Waals surface area contributed by atoms with Crippen molar-refractivity contribution in [1.29, 1.82) is 0 Å². The van der Waals surface area contributed by atoms with Crippen LogP contribution >= 0.6 is 0 Å². The van der Waals surface area contributed by atoms with Crippen LogP contribution in [0.5, 0.6) is 0 Å². The van der Waals surface area contributed by atoms with Gasteiger partial charge in [0.05, 0.1) is 6.54 Å². The number of aliphatic carboxylic acids is 1. The molecule has 6 nitrogen and oxygen atoms in total. The number of carbonyl (C=O) groups is 2. The van der Waals surface area contributed by atoms with Gasteiger partial charge in [-0.15, -0.1) is 0 Å². The molecule has 1 rings (SSSR count). The number of hydrogen-bond acceptors (Lipinski definition) is 3. The lowest BCUT2D eigenvalue weighted by atomic mass is 10.4. The Labute approximate surface area is 92.8 Å². The first-order chi connectivity index (χ1) is 7.50. The van der Waals surface area contributed by atoms with Crippen LogP contribution in [0.4, 0.5) is 0 Å². The van der Waals surface area contributed by atoms with Crippen molar-refractivity contribution in [2.75, 3.05) is 7.05 Å². The summed E-state index contributed by atoms with van der Waals surface area (Å²) in [4.78, 5) is 27.1. The minimum Gasteiger partial charge on any atom is -0.478 e. The summed E-state index contributed by atoms with van der Waals surface area (Å²) in [7, 11) is 3.41. The lowest BCUT2D eigenvalue weighted by Gasteiger charge is -2.14. The zero-order valence-corrected chi connectivity index (χ0v) is 9.12. The van der Waals surface area contributed by atoms with Crippen molar-refractivity contribution in [3.63, 3.8) is 0 Å². The van der Waals surface area contributed by atoms with Gasteiger partial charge in [0, 0.05) is 38.6 Å². The Kier molecular flexibility index (Phi) is 3.82. The van der Waals surface area contributed by atoms with Gasteiger partial charge in [0.15, 0.2) is 0 Å². The normalized spacial score (nSPS) is 10.6. The molecule has 1 aromatic heterocycles. The first-order valence-electron chi connectivity index (χ1n) is 4.63. The fourth-order valence-electron chi connectivity index (χ4n) is 1.11. The van der Waals surface area contributed by atoms with Gasteiger partial charge in [-0.2, -0.15) is 0 Å². The zero-order chi connectivity index (χ0) is 12.1. The van der Waals surface area contributed by atoms with Gasteiger partial charge in [-0.25, -0.2) is 9.78 Å². The van der Waals surface area contributed by atoms with Crippen LogP contribution in [0.2, 0.25) is 0 Å². The van der Waals surface area contributed by atoms with Gasteiger partial charge >= 0.3 is 5.97 Å². The van der Waals surface area contributed by atoms with Gasteiger partial charge in [-0.3, -0.25) is 4.79 Å². The Hall–Kier alpha value is -2.11. The summed E-state index contributed by atoms with van der Waals surface area (Å²) in [6, 6.07) is 0. The van der Waals surface area contributed by atoms with Crippen molar-refractivity contribution >= 4 is 11.9 Å². The molecular weight excluding hydrogens is 210 g/mol. The van der Waals surface area contributed by atoms with E-state index in [1.807, 2.05) is 7.05 Å². The van der Waals surface area contributed by atoms with Crippen molar-refractivity contribution < 1.29 is 14.7 Å². The highest BCUT2D eigenvalue weighted by Gasteiger charge is 2.08. The number of rotatable bonds is 4. The number of carbonyl (C=O) groups excluding carboxylic acids is 1. The molecule has 16 heavy (non-hydrogen) atoms. The maximum atomic E-state index is 11.4. The molecule has 0 spiro atoms. The number of nitrogens with zero attached hydrogens (tertiary/aromatic N) is 3. The molecule has 0 saturated carbocycles. The van der Waals surface area contributed by atoms with Crippen LogP contribution in [-0.2, 0) is 23.2 Å². The Balaban J connectivity index is 2.59. The van der Waals surface area contributed by atoms with Crippen LogP contribution in [0.1, 0.15) is 5.82 Å². The van der Waals surface area contributed by atoms with Gasteiger partial charge in [0.25, 0.3) is 0 Å². The maximum Gasteiger partial charge on any atom is 0.328 e. The van der Waals surface area contributed by atoms with E-state index in [9.17, 15) is 9.59 Å². The standard InChI is InChI=1S/C10H13N3O3/c1-12-6-5-11-8(12)7-13(2)9(14)3-4-10(15)16/h3-6H,7H2,1-2H3,(H,15,16)/b4-3+. The van der Waals surface area contributed by atoms with E-state index in [0.717, 1.165) is 18.0 Å². The third-order valence-corrected chi connectivity index (χ3v) is 2.04. The Morgan fingerprint density at radius 1 is 1.56 bits per heavy atom.